The number of benzene rings is 1. The Morgan fingerprint density at radius 2 is 2.06 bits per heavy atom. The number of aliphatic hydroxyl groups is 1. The van der Waals surface area contributed by atoms with Crippen LogP contribution in [-0.2, 0) is 11.1 Å². The van der Waals surface area contributed by atoms with Crippen LogP contribution < -0.4 is 0 Å². The molecule has 16 heavy (non-hydrogen) atoms. The van der Waals surface area contributed by atoms with Gasteiger partial charge in [-0.25, -0.2) is 0 Å². The van der Waals surface area contributed by atoms with Crippen LogP contribution in [0.4, 0.5) is 0 Å². The molecule has 1 aromatic carbocycles. The highest BCUT2D eigenvalue weighted by Crippen LogP contribution is 2.23. The van der Waals surface area contributed by atoms with Gasteiger partial charge in [0.15, 0.2) is 0 Å². The monoisotopic (exact) mass is 240 g/mol. The summed E-state index contributed by atoms with van der Waals surface area (Å²) in [6.45, 7) is 1.89. The number of aliphatic hydroxyl groups excluding tert-OH is 1. The second-order valence-electron chi connectivity index (χ2n) is 3.49. The van der Waals surface area contributed by atoms with Crippen molar-refractivity contribution in [2.45, 2.75) is 24.3 Å². The largest absolute Gasteiger partial charge is 0.768 e. The summed E-state index contributed by atoms with van der Waals surface area (Å²) in [6.07, 6.45) is 1.13. The van der Waals surface area contributed by atoms with E-state index in [4.69, 9.17) is 5.41 Å². The number of nitrogens with one attached hydrogen (secondary N) is 1. The molecular formula is C11H14NO3S-. The Morgan fingerprint density at radius 1 is 1.50 bits per heavy atom. The summed E-state index contributed by atoms with van der Waals surface area (Å²) in [5.41, 5.74) is 0.629. The lowest BCUT2D eigenvalue weighted by Gasteiger charge is -2.18. The zero-order chi connectivity index (χ0) is 12.1. The zero-order valence-corrected chi connectivity index (χ0v) is 9.74. The minimum atomic E-state index is -2.24. The van der Waals surface area contributed by atoms with Gasteiger partial charge in [0, 0.05) is 17.0 Å². The lowest BCUT2D eigenvalue weighted by atomic mass is 9.95. The van der Waals surface area contributed by atoms with E-state index in [1.807, 2.05) is 6.92 Å². The molecule has 0 radical (unpaired) electrons. The molecule has 1 aromatic rings. The Balaban J connectivity index is 2.88. The van der Waals surface area contributed by atoms with Crippen LogP contribution in [0.3, 0.4) is 0 Å². The fraction of sp³-hybridized carbons (Fsp3) is 0.364. The molecule has 0 amide bonds. The summed E-state index contributed by atoms with van der Waals surface area (Å²) in [7, 11) is 0. The molecular weight excluding hydrogens is 226 g/mol. The molecule has 4 nitrogen and oxygen atoms in total. The molecule has 0 aliphatic carbocycles. The van der Waals surface area contributed by atoms with Gasteiger partial charge in [-0.1, -0.05) is 19.1 Å². The molecule has 5 heteroatoms. The SMILES string of the molecule is CC[C@@H](C=N)C(O)c1ccc(S(=O)[O-])cc1. The highest BCUT2D eigenvalue weighted by Gasteiger charge is 2.16. The molecule has 0 aromatic heterocycles. The van der Waals surface area contributed by atoms with Crippen molar-refractivity contribution < 1.29 is 13.9 Å². The van der Waals surface area contributed by atoms with E-state index < -0.39 is 17.2 Å². The Kier molecular flexibility index (Phi) is 4.79. The first-order valence-corrected chi connectivity index (χ1v) is 6.05. The van der Waals surface area contributed by atoms with E-state index in [-0.39, 0.29) is 10.8 Å². The lowest BCUT2D eigenvalue weighted by Crippen LogP contribution is -2.12. The van der Waals surface area contributed by atoms with Gasteiger partial charge in [-0.2, -0.15) is 0 Å². The average molecular weight is 240 g/mol. The molecule has 0 spiro atoms. The normalized spacial score (nSPS) is 16.4. The Morgan fingerprint density at radius 3 is 2.44 bits per heavy atom. The standard InChI is InChI=1S/C11H15NO3S/c1-2-8(7-12)11(13)9-3-5-10(6-4-9)16(14)15/h3-8,11-13H,2H2,1H3,(H,14,15)/p-1/t8-,11?/m0/s1. The summed E-state index contributed by atoms with van der Waals surface area (Å²) >= 11 is -2.24. The molecule has 0 saturated heterocycles. The van der Waals surface area contributed by atoms with Gasteiger partial charge in [0.25, 0.3) is 0 Å². The predicted octanol–water partition coefficient (Wildman–Crippen LogP) is 1.63. The molecule has 0 saturated carbocycles. The second-order valence-corrected chi connectivity index (χ2v) is 4.43. The fourth-order valence-electron chi connectivity index (χ4n) is 1.46. The van der Waals surface area contributed by atoms with Gasteiger partial charge in [-0.15, -0.1) is 0 Å². The van der Waals surface area contributed by atoms with E-state index in [2.05, 4.69) is 0 Å². The van der Waals surface area contributed by atoms with Crippen LogP contribution >= 0.6 is 0 Å². The highest BCUT2D eigenvalue weighted by atomic mass is 32.2. The molecule has 0 fully saturated rings. The maximum atomic E-state index is 10.6. The second kappa shape index (κ2) is 5.89. The molecule has 0 aliphatic heterocycles. The Labute approximate surface area is 97.1 Å². The van der Waals surface area contributed by atoms with Crippen LogP contribution in [-0.4, -0.2) is 20.1 Å². The quantitative estimate of drug-likeness (QED) is 0.606. The van der Waals surface area contributed by atoms with Crippen molar-refractivity contribution >= 4 is 17.3 Å². The summed E-state index contributed by atoms with van der Waals surface area (Å²) < 4.78 is 21.3. The van der Waals surface area contributed by atoms with Gasteiger partial charge in [0.1, 0.15) is 0 Å². The van der Waals surface area contributed by atoms with E-state index in [0.29, 0.717) is 12.0 Å². The van der Waals surface area contributed by atoms with Gasteiger partial charge in [0.05, 0.1) is 6.10 Å². The summed E-state index contributed by atoms with van der Waals surface area (Å²) in [4.78, 5) is 0.193. The fourth-order valence-corrected chi connectivity index (χ4v) is 1.81. The first-order valence-electron chi connectivity index (χ1n) is 4.98. The molecule has 0 aliphatic rings. The van der Waals surface area contributed by atoms with E-state index in [1.165, 1.54) is 18.3 Å². The number of hydrogen-bond donors (Lipinski definition) is 2. The first kappa shape index (κ1) is 13.0. The third-order valence-corrected chi connectivity index (χ3v) is 3.16. The summed E-state index contributed by atoms with van der Waals surface area (Å²) in [5, 5.41) is 17.1. The van der Waals surface area contributed by atoms with E-state index >= 15 is 0 Å². The number of rotatable bonds is 5. The van der Waals surface area contributed by atoms with Crippen LogP contribution in [0.2, 0.25) is 0 Å². The third-order valence-electron chi connectivity index (χ3n) is 2.51. The predicted molar refractivity (Wildman–Crippen MR) is 61.2 cm³/mol. The van der Waals surface area contributed by atoms with Gasteiger partial charge >= 0.3 is 0 Å². The van der Waals surface area contributed by atoms with Gasteiger partial charge in [0.2, 0.25) is 0 Å². The first-order chi connectivity index (χ1) is 7.60. The van der Waals surface area contributed by atoms with Crippen molar-refractivity contribution in [3.63, 3.8) is 0 Å². The summed E-state index contributed by atoms with van der Waals surface area (Å²) in [5.74, 6) is -0.233. The van der Waals surface area contributed by atoms with Crippen molar-refractivity contribution in [3.8, 4) is 0 Å². The number of hydrogen-bond acceptors (Lipinski definition) is 4. The van der Waals surface area contributed by atoms with Crippen LogP contribution in [0.1, 0.15) is 25.0 Å². The molecule has 1 rings (SSSR count). The van der Waals surface area contributed by atoms with Crippen molar-refractivity contribution in [2.24, 2.45) is 5.92 Å². The van der Waals surface area contributed by atoms with Crippen molar-refractivity contribution in [2.75, 3.05) is 0 Å². The maximum Gasteiger partial charge on any atom is 0.0867 e. The van der Waals surface area contributed by atoms with Crippen LogP contribution in [0.5, 0.6) is 0 Å². The van der Waals surface area contributed by atoms with Crippen molar-refractivity contribution in [3.05, 3.63) is 29.8 Å². The van der Waals surface area contributed by atoms with E-state index in [1.54, 1.807) is 12.1 Å². The Hall–Kier alpha value is -1.04. The third kappa shape index (κ3) is 2.98. The molecule has 0 bridgehead atoms. The van der Waals surface area contributed by atoms with Crippen molar-refractivity contribution in [1.29, 1.82) is 5.41 Å². The van der Waals surface area contributed by atoms with Crippen LogP contribution in [0.25, 0.3) is 0 Å². The van der Waals surface area contributed by atoms with Gasteiger partial charge in [-0.3, -0.25) is 4.21 Å². The van der Waals surface area contributed by atoms with Crippen LogP contribution in [0, 0.1) is 11.3 Å². The van der Waals surface area contributed by atoms with Crippen LogP contribution in [0.15, 0.2) is 29.2 Å². The van der Waals surface area contributed by atoms with Crippen molar-refractivity contribution in [1.82, 2.24) is 0 Å². The molecule has 2 N–H and O–H groups in total. The van der Waals surface area contributed by atoms with E-state index in [0.717, 1.165) is 0 Å². The van der Waals surface area contributed by atoms with Gasteiger partial charge < -0.3 is 15.1 Å². The minimum Gasteiger partial charge on any atom is -0.768 e. The smallest absolute Gasteiger partial charge is 0.0867 e. The lowest BCUT2D eigenvalue weighted by molar-refractivity contribution is 0.139. The average Bonchev–Trinajstić information content (AvgIpc) is 2.30. The maximum absolute atomic E-state index is 10.6. The minimum absolute atomic E-state index is 0.193. The molecule has 3 atom stereocenters. The topological polar surface area (TPSA) is 84.2 Å². The Bertz CT molecular complexity index is 377. The van der Waals surface area contributed by atoms with E-state index in [9.17, 15) is 13.9 Å². The molecule has 88 valence electrons. The van der Waals surface area contributed by atoms with Gasteiger partial charge in [-0.05, 0) is 35.2 Å². The summed E-state index contributed by atoms with van der Waals surface area (Å²) in [6, 6.07) is 6.03. The highest BCUT2D eigenvalue weighted by molar-refractivity contribution is 7.79. The molecule has 2 unspecified atom stereocenters. The molecule has 0 heterocycles. The zero-order valence-electron chi connectivity index (χ0n) is 8.92.